The summed E-state index contributed by atoms with van der Waals surface area (Å²) in [6, 6.07) is 13.9. The van der Waals surface area contributed by atoms with E-state index in [1.54, 1.807) is 24.3 Å². The van der Waals surface area contributed by atoms with Crippen molar-refractivity contribution in [1.82, 2.24) is 10.2 Å². The molecule has 0 bridgehead atoms. The van der Waals surface area contributed by atoms with Crippen molar-refractivity contribution in [3.8, 4) is 11.5 Å². The van der Waals surface area contributed by atoms with Crippen LogP contribution < -0.4 is 14.8 Å². The van der Waals surface area contributed by atoms with Crippen LogP contribution in [0, 0.1) is 11.3 Å². The maximum atomic E-state index is 13.7. The fourth-order valence-corrected chi connectivity index (χ4v) is 5.53. The predicted octanol–water partition coefficient (Wildman–Crippen LogP) is 3.57. The van der Waals surface area contributed by atoms with Crippen molar-refractivity contribution in [3.05, 3.63) is 60.2 Å². The van der Waals surface area contributed by atoms with Crippen LogP contribution in [0.25, 0.3) is 0 Å². The van der Waals surface area contributed by atoms with E-state index in [-0.39, 0.29) is 37.7 Å². The van der Waals surface area contributed by atoms with Gasteiger partial charge in [0.25, 0.3) is 5.91 Å². The summed E-state index contributed by atoms with van der Waals surface area (Å²) in [5.41, 5.74) is 0.237. The quantitative estimate of drug-likeness (QED) is 0.395. The number of carbonyl (C=O) groups excluding carboxylic acids is 3. The lowest BCUT2D eigenvalue weighted by Gasteiger charge is -2.37. The molecule has 1 heterocycles. The minimum absolute atomic E-state index is 0.104. The molecule has 2 aromatic rings. The highest BCUT2D eigenvalue weighted by Crippen LogP contribution is 2.42. The fourth-order valence-electron chi connectivity index (χ4n) is 5.53. The molecule has 3 unspecified atom stereocenters. The zero-order valence-electron chi connectivity index (χ0n) is 23.7. The van der Waals surface area contributed by atoms with Crippen LogP contribution >= 0.6 is 0 Å². The number of esters is 1. The van der Waals surface area contributed by atoms with Gasteiger partial charge in [0.05, 0.1) is 0 Å². The van der Waals surface area contributed by atoms with Gasteiger partial charge in [-0.3, -0.25) is 9.59 Å². The topological polar surface area (TPSA) is 131 Å². The van der Waals surface area contributed by atoms with E-state index in [4.69, 9.17) is 14.2 Å². The molecule has 2 fully saturated rings. The number of rotatable bonds is 11. The number of fused-ring (bicyclic) bond motifs is 1. The Morgan fingerprint density at radius 1 is 0.951 bits per heavy atom. The first-order chi connectivity index (χ1) is 19.5. The molecule has 2 N–H and O–H groups in total. The third-order valence-corrected chi connectivity index (χ3v) is 7.59. The molecule has 4 rings (SSSR count). The van der Waals surface area contributed by atoms with Crippen molar-refractivity contribution in [2.45, 2.75) is 71.2 Å². The van der Waals surface area contributed by atoms with E-state index >= 15 is 0 Å². The van der Waals surface area contributed by atoms with Gasteiger partial charge >= 0.3 is 11.9 Å². The zero-order chi connectivity index (χ0) is 29.6. The van der Waals surface area contributed by atoms with Crippen LogP contribution in [0.2, 0.25) is 0 Å². The summed E-state index contributed by atoms with van der Waals surface area (Å²) in [7, 11) is 0. The molecule has 0 aromatic heterocycles. The summed E-state index contributed by atoms with van der Waals surface area (Å²) in [6.45, 7) is 5.10. The lowest BCUT2D eigenvalue weighted by molar-refractivity contribution is -0.152. The summed E-state index contributed by atoms with van der Waals surface area (Å²) < 4.78 is 16.3. The molecular weight excluding hydrogens is 528 g/mol. The highest BCUT2D eigenvalue weighted by Gasteiger charge is 2.51. The third kappa shape index (κ3) is 7.77. The SMILES string of the molecule is CC(C)(C)[C@H](NC(=O)COc1ccc(OCC(=O)OCc2ccccc2)cc1)C(=O)N1C(C(=O)O)CC2CCCC21. The first-order valence-electron chi connectivity index (χ1n) is 13.9. The molecule has 0 spiro atoms. The molecule has 1 saturated carbocycles. The molecule has 10 nitrogen and oxygen atoms in total. The van der Waals surface area contributed by atoms with Gasteiger partial charge in [0.2, 0.25) is 5.91 Å². The Labute approximate surface area is 240 Å². The molecule has 41 heavy (non-hydrogen) atoms. The minimum Gasteiger partial charge on any atom is -0.484 e. The van der Waals surface area contributed by atoms with E-state index in [1.807, 2.05) is 51.1 Å². The molecule has 1 aliphatic carbocycles. The number of benzene rings is 2. The third-order valence-electron chi connectivity index (χ3n) is 7.59. The van der Waals surface area contributed by atoms with E-state index in [0.29, 0.717) is 17.9 Å². The summed E-state index contributed by atoms with van der Waals surface area (Å²) in [5.74, 6) is -1.35. The summed E-state index contributed by atoms with van der Waals surface area (Å²) in [5, 5.41) is 12.6. The molecule has 2 amide bonds. The van der Waals surface area contributed by atoms with Crippen LogP contribution in [0.15, 0.2) is 54.6 Å². The molecule has 0 radical (unpaired) electrons. The summed E-state index contributed by atoms with van der Waals surface area (Å²) >= 11 is 0. The van der Waals surface area contributed by atoms with Crippen molar-refractivity contribution < 1.29 is 38.5 Å². The Hall–Kier alpha value is -4.08. The average Bonchev–Trinajstić information content (AvgIpc) is 3.54. The summed E-state index contributed by atoms with van der Waals surface area (Å²) in [6.07, 6.45) is 3.12. The monoisotopic (exact) mass is 566 g/mol. The van der Waals surface area contributed by atoms with Gasteiger partial charge in [-0.15, -0.1) is 0 Å². The number of hydrogen-bond acceptors (Lipinski definition) is 7. The Balaban J connectivity index is 1.27. The standard InChI is InChI=1S/C31H38N2O8/c1-31(2,3)28(29(36)33-24-11-7-10-21(24)16-25(33)30(37)38)32-26(34)18-39-22-12-14-23(15-13-22)40-19-27(35)41-17-20-8-5-4-6-9-20/h4-6,8-9,12-15,21,24-25,28H,7,10-11,16-19H2,1-3H3,(H,32,34)(H,37,38)/t21?,24?,25?,28-/m1/s1. The largest absolute Gasteiger partial charge is 0.484 e. The van der Waals surface area contributed by atoms with Gasteiger partial charge in [-0.05, 0) is 60.4 Å². The lowest BCUT2D eigenvalue weighted by atomic mass is 9.85. The summed E-state index contributed by atoms with van der Waals surface area (Å²) in [4.78, 5) is 51.9. The first-order valence-corrected chi connectivity index (χ1v) is 13.9. The van der Waals surface area contributed by atoms with Crippen LogP contribution in [0.1, 0.15) is 52.0 Å². The molecule has 4 atom stereocenters. The van der Waals surface area contributed by atoms with E-state index in [9.17, 15) is 24.3 Å². The fraction of sp³-hybridized carbons (Fsp3) is 0.484. The Morgan fingerprint density at radius 2 is 1.59 bits per heavy atom. The second kappa shape index (κ2) is 13.1. The Kier molecular flexibility index (Phi) is 9.52. The van der Waals surface area contributed by atoms with Gasteiger partial charge in [0.1, 0.15) is 30.2 Å². The average molecular weight is 567 g/mol. The van der Waals surface area contributed by atoms with Crippen molar-refractivity contribution in [2.24, 2.45) is 11.3 Å². The van der Waals surface area contributed by atoms with Crippen LogP contribution in [0.5, 0.6) is 11.5 Å². The molecule has 1 saturated heterocycles. The smallest absolute Gasteiger partial charge is 0.344 e. The molecule has 2 aliphatic rings. The highest BCUT2D eigenvalue weighted by molar-refractivity contribution is 5.92. The number of nitrogens with zero attached hydrogens (tertiary/aromatic N) is 1. The van der Waals surface area contributed by atoms with Gasteiger partial charge in [-0.1, -0.05) is 57.5 Å². The number of hydrogen-bond donors (Lipinski definition) is 2. The normalized spacial score (nSPS) is 20.6. The minimum atomic E-state index is -1.01. The number of likely N-dealkylation sites (tertiary alicyclic amines) is 1. The van der Waals surface area contributed by atoms with E-state index < -0.39 is 35.3 Å². The molecular formula is C31H38N2O8. The molecule has 220 valence electrons. The predicted molar refractivity (Wildman–Crippen MR) is 149 cm³/mol. The van der Waals surface area contributed by atoms with E-state index in [1.165, 1.54) is 4.90 Å². The second-order valence-electron chi connectivity index (χ2n) is 11.7. The highest BCUT2D eigenvalue weighted by atomic mass is 16.6. The number of aliphatic carboxylic acids is 1. The van der Waals surface area contributed by atoms with Crippen molar-refractivity contribution in [1.29, 1.82) is 0 Å². The Bertz CT molecular complexity index is 1220. The van der Waals surface area contributed by atoms with Gasteiger partial charge in [-0.2, -0.15) is 0 Å². The number of carboxylic acid groups (broad SMARTS) is 1. The van der Waals surface area contributed by atoms with Gasteiger partial charge in [0, 0.05) is 6.04 Å². The van der Waals surface area contributed by atoms with Crippen molar-refractivity contribution in [3.63, 3.8) is 0 Å². The van der Waals surface area contributed by atoms with Crippen molar-refractivity contribution >= 4 is 23.8 Å². The van der Waals surface area contributed by atoms with Crippen LogP contribution in [-0.2, 0) is 30.5 Å². The first kappa shape index (κ1) is 29.9. The zero-order valence-corrected chi connectivity index (χ0v) is 23.7. The van der Waals surface area contributed by atoms with E-state index in [0.717, 1.165) is 24.8 Å². The molecule has 1 aliphatic heterocycles. The van der Waals surface area contributed by atoms with Crippen molar-refractivity contribution in [2.75, 3.05) is 13.2 Å². The molecule has 10 heteroatoms. The van der Waals surface area contributed by atoms with Crippen LogP contribution in [-0.4, -0.2) is 65.1 Å². The lowest BCUT2D eigenvalue weighted by Crippen LogP contribution is -2.59. The van der Waals surface area contributed by atoms with Gasteiger partial charge in [-0.25, -0.2) is 9.59 Å². The van der Waals surface area contributed by atoms with E-state index in [2.05, 4.69) is 5.32 Å². The number of carboxylic acids is 1. The van der Waals surface area contributed by atoms with Crippen LogP contribution in [0.4, 0.5) is 0 Å². The number of carbonyl (C=O) groups is 4. The van der Waals surface area contributed by atoms with Crippen LogP contribution in [0.3, 0.4) is 0 Å². The van der Waals surface area contributed by atoms with Gasteiger partial charge in [0.15, 0.2) is 13.2 Å². The number of ether oxygens (including phenoxy) is 3. The number of amides is 2. The maximum Gasteiger partial charge on any atom is 0.344 e. The number of nitrogens with one attached hydrogen (secondary N) is 1. The maximum absolute atomic E-state index is 13.7. The van der Waals surface area contributed by atoms with Gasteiger partial charge < -0.3 is 29.5 Å². The second-order valence-corrected chi connectivity index (χ2v) is 11.7. The molecule has 2 aromatic carbocycles. The Morgan fingerprint density at radius 3 is 2.20 bits per heavy atom.